The molecular weight excluding hydrogens is 387 g/mol. The monoisotopic (exact) mass is 410 g/mol. The maximum atomic E-state index is 13.8. The minimum absolute atomic E-state index is 0.178. The molecule has 2 atom stereocenters. The Morgan fingerprint density at radius 1 is 1.03 bits per heavy atom. The quantitative estimate of drug-likeness (QED) is 0.531. The Labute approximate surface area is 175 Å². The Kier molecular flexibility index (Phi) is 7.02. The normalized spacial score (nSPS) is 13.1. The van der Waals surface area contributed by atoms with Crippen LogP contribution < -0.4 is 11.1 Å². The molecule has 0 saturated carbocycles. The third-order valence-electron chi connectivity index (χ3n) is 5.00. The van der Waals surface area contributed by atoms with Crippen LogP contribution in [0.2, 0.25) is 5.02 Å². The standard InChI is InChI=1S/C24H24ClFN2O/c1-16-15-19(10-13-21(16)26)22(14-9-17-7-11-20(25)12-8-17)28-23(24(27)29)18-5-3-2-4-6-18/h2-8,10-13,15,22-23,28H,9,14H2,1H3,(H2,27,29)/t22-,23?/m1/s1. The van der Waals surface area contributed by atoms with Crippen molar-refractivity contribution in [2.45, 2.75) is 31.8 Å². The van der Waals surface area contributed by atoms with Crippen molar-refractivity contribution in [1.29, 1.82) is 0 Å². The fourth-order valence-corrected chi connectivity index (χ4v) is 3.51. The van der Waals surface area contributed by atoms with E-state index in [0.717, 1.165) is 23.1 Å². The van der Waals surface area contributed by atoms with E-state index in [-0.39, 0.29) is 11.9 Å². The van der Waals surface area contributed by atoms with Gasteiger partial charge in [-0.05, 0) is 60.2 Å². The fourth-order valence-electron chi connectivity index (χ4n) is 3.38. The molecule has 1 amide bonds. The van der Waals surface area contributed by atoms with Gasteiger partial charge in [-0.1, -0.05) is 66.2 Å². The van der Waals surface area contributed by atoms with Gasteiger partial charge in [0.1, 0.15) is 11.9 Å². The number of aryl methyl sites for hydroxylation is 2. The summed E-state index contributed by atoms with van der Waals surface area (Å²) in [7, 11) is 0. The maximum Gasteiger partial charge on any atom is 0.239 e. The summed E-state index contributed by atoms with van der Waals surface area (Å²) in [6.07, 6.45) is 1.48. The Morgan fingerprint density at radius 2 is 1.72 bits per heavy atom. The third kappa shape index (κ3) is 5.66. The van der Waals surface area contributed by atoms with Gasteiger partial charge in [-0.15, -0.1) is 0 Å². The van der Waals surface area contributed by atoms with Gasteiger partial charge in [0.15, 0.2) is 0 Å². The number of carbonyl (C=O) groups excluding carboxylic acids is 1. The molecule has 29 heavy (non-hydrogen) atoms. The molecule has 0 saturated heterocycles. The van der Waals surface area contributed by atoms with Crippen LogP contribution in [0.15, 0.2) is 72.8 Å². The zero-order valence-corrected chi connectivity index (χ0v) is 17.0. The molecule has 0 heterocycles. The number of primary amides is 1. The second kappa shape index (κ2) is 9.68. The lowest BCUT2D eigenvalue weighted by atomic mass is 9.95. The van der Waals surface area contributed by atoms with Gasteiger partial charge in [0.05, 0.1) is 0 Å². The lowest BCUT2D eigenvalue weighted by molar-refractivity contribution is -0.120. The Bertz CT molecular complexity index is 960. The van der Waals surface area contributed by atoms with Gasteiger partial charge in [0.2, 0.25) is 5.91 Å². The predicted octanol–water partition coefficient (Wildman–Crippen LogP) is 5.28. The van der Waals surface area contributed by atoms with Crippen molar-refractivity contribution >= 4 is 17.5 Å². The van der Waals surface area contributed by atoms with Crippen molar-refractivity contribution in [2.75, 3.05) is 0 Å². The smallest absolute Gasteiger partial charge is 0.239 e. The van der Waals surface area contributed by atoms with Crippen LogP contribution in [0.5, 0.6) is 0 Å². The second-order valence-corrected chi connectivity index (χ2v) is 7.58. The van der Waals surface area contributed by atoms with E-state index in [4.69, 9.17) is 17.3 Å². The molecule has 0 fully saturated rings. The first-order chi connectivity index (χ1) is 13.9. The number of carbonyl (C=O) groups is 1. The van der Waals surface area contributed by atoms with Crippen LogP contribution in [0.4, 0.5) is 4.39 Å². The molecule has 0 bridgehead atoms. The summed E-state index contributed by atoms with van der Waals surface area (Å²) in [5.41, 5.74) is 9.12. The zero-order chi connectivity index (χ0) is 20.8. The van der Waals surface area contributed by atoms with Crippen molar-refractivity contribution in [3.63, 3.8) is 0 Å². The van der Waals surface area contributed by atoms with E-state index in [9.17, 15) is 9.18 Å². The summed E-state index contributed by atoms with van der Waals surface area (Å²) in [5.74, 6) is -0.703. The first-order valence-corrected chi connectivity index (χ1v) is 9.92. The highest BCUT2D eigenvalue weighted by atomic mass is 35.5. The summed E-state index contributed by atoms with van der Waals surface area (Å²) < 4.78 is 13.8. The first kappa shape index (κ1) is 21.0. The molecule has 3 aromatic rings. The van der Waals surface area contributed by atoms with Gasteiger partial charge >= 0.3 is 0 Å². The Balaban J connectivity index is 1.87. The molecule has 3 aromatic carbocycles. The van der Waals surface area contributed by atoms with Crippen LogP contribution in [0.25, 0.3) is 0 Å². The van der Waals surface area contributed by atoms with E-state index in [1.807, 2.05) is 60.7 Å². The Hall–Kier alpha value is -2.69. The number of halogens is 2. The molecule has 5 heteroatoms. The summed E-state index contributed by atoms with van der Waals surface area (Å²) >= 11 is 5.97. The van der Waals surface area contributed by atoms with Crippen molar-refractivity contribution in [1.82, 2.24) is 5.32 Å². The predicted molar refractivity (Wildman–Crippen MR) is 115 cm³/mol. The van der Waals surface area contributed by atoms with E-state index in [1.165, 1.54) is 6.07 Å². The number of amides is 1. The molecule has 1 unspecified atom stereocenters. The van der Waals surface area contributed by atoms with Crippen molar-refractivity contribution in [3.05, 3.63) is 106 Å². The van der Waals surface area contributed by atoms with Gasteiger partial charge in [0, 0.05) is 11.1 Å². The molecule has 150 valence electrons. The van der Waals surface area contributed by atoms with Crippen molar-refractivity contribution in [3.8, 4) is 0 Å². The van der Waals surface area contributed by atoms with Crippen LogP contribution in [0.3, 0.4) is 0 Å². The SMILES string of the molecule is Cc1cc([C@@H](CCc2ccc(Cl)cc2)NC(C(N)=O)c2ccccc2)ccc1F. The van der Waals surface area contributed by atoms with E-state index >= 15 is 0 Å². The number of hydrogen-bond donors (Lipinski definition) is 2. The van der Waals surface area contributed by atoms with E-state index in [2.05, 4.69) is 5.32 Å². The van der Waals surface area contributed by atoms with E-state index < -0.39 is 11.9 Å². The summed E-state index contributed by atoms with van der Waals surface area (Å²) in [5, 5.41) is 4.08. The summed E-state index contributed by atoms with van der Waals surface area (Å²) in [6.45, 7) is 1.73. The summed E-state index contributed by atoms with van der Waals surface area (Å²) in [4.78, 5) is 12.2. The summed E-state index contributed by atoms with van der Waals surface area (Å²) in [6, 6.07) is 21.3. The average molecular weight is 411 g/mol. The van der Waals surface area contributed by atoms with Crippen LogP contribution in [0, 0.1) is 12.7 Å². The number of nitrogens with one attached hydrogen (secondary N) is 1. The molecule has 3 nitrogen and oxygen atoms in total. The molecule has 0 aliphatic carbocycles. The molecule has 3 rings (SSSR count). The lowest BCUT2D eigenvalue weighted by Crippen LogP contribution is -2.36. The Morgan fingerprint density at radius 3 is 2.34 bits per heavy atom. The molecule has 0 aromatic heterocycles. The first-order valence-electron chi connectivity index (χ1n) is 9.55. The molecule has 0 radical (unpaired) electrons. The topological polar surface area (TPSA) is 55.1 Å². The fraction of sp³-hybridized carbons (Fsp3) is 0.208. The van der Waals surface area contributed by atoms with Crippen LogP contribution in [-0.4, -0.2) is 5.91 Å². The van der Waals surface area contributed by atoms with E-state index in [0.29, 0.717) is 17.0 Å². The highest BCUT2D eigenvalue weighted by Gasteiger charge is 2.23. The van der Waals surface area contributed by atoms with Gasteiger partial charge in [-0.2, -0.15) is 0 Å². The number of nitrogens with two attached hydrogens (primary N) is 1. The molecule has 3 N–H and O–H groups in total. The minimum Gasteiger partial charge on any atom is -0.368 e. The molecule has 0 spiro atoms. The molecule has 0 aliphatic rings. The van der Waals surface area contributed by atoms with Gasteiger partial charge in [-0.3, -0.25) is 10.1 Å². The minimum atomic E-state index is -0.642. The lowest BCUT2D eigenvalue weighted by Gasteiger charge is -2.25. The number of benzene rings is 3. The van der Waals surface area contributed by atoms with Crippen LogP contribution in [-0.2, 0) is 11.2 Å². The third-order valence-corrected chi connectivity index (χ3v) is 5.26. The number of rotatable bonds is 8. The highest BCUT2D eigenvalue weighted by molar-refractivity contribution is 6.30. The van der Waals surface area contributed by atoms with Gasteiger partial charge < -0.3 is 5.73 Å². The maximum absolute atomic E-state index is 13.8. The van der Waals surface area contributed by atoms with E-state index in [1.54, 1.807) is 13.0 Å². The van der Waals surface area contributed by atoms with Gasteiger partial charge in [0.25, 0.3) is 0 Å². The van der Waals surface area contributed by atoms with Crippen LogP contribution in [0.1, 0.15) is 40.8 Å². The highest BCUT2D eigenvalue weighted by Crippen LogP contribution is 2.26. The van der Waals surface area contributed by atoms with Gasteiger partial charge in [-0.25, -0.2) is 4.39 Å². The second-order valence-electron chi connectivity index (χ2n) is 7.14. The number of hydrogen-bond acceptors (Lipinski definition) is 2. The average Bonchev–Trinajstić information content (AvgIpc) is 2.72. The largest absolute Gasteiger partial charge is 0.368 e. The molecule has 0 aliphatic heterocycles. The van der Waals surface area contributed by atoms with Crippen LogP contribution >= 0.6 is 11.6 Å². The van der Waals surface area contributed by atoms with Crippen molar-refractivity contribution < 1.29 is 9.18 Å². The zero-order valence-electron chi connectivity index (χ0n) is 16.2. The van der Waals surface area contributed by atoms with Crippen molar-refractivity contribution in [2.24, 2.45) is 5.73 Å². The molecular formula is C24H24ClFN2O.